The van der Waals surface area contributed by atoms with Crippen LogP contribution in [0.15, 0.2) is 18.2 Å². The maximum absolute atomic E-state index is 13.3. The van der Waals surface area contributed by atoms with Gasteiger partial charge in [-0.25, -0.2) is 0 Å². The van der Waals surface area contributed by atoms with E-state index < -0.39 is 0 Å². The second kappa shape index (κ2) is 8.41. The maximum atomic E-state index is 13.3. The summed E-state index contributed by atoms with van der Waals surface area (Å²) in [6, 6.07) is 5.89. The van der Waals surface area contributed by atoms with Crippen LogP contribution in [-0.4, -0.2) is 54.8 Å². The first-order valence-corrected chi connectivity index (χ1v) is 13.4. The maximum Gasteiger partial charge on any atom is 0.254 e. The number of benzene rings is 1. The van der Waals surface area contributed by atoms with Crippen molar-refractivity contribution in [3.8, 4) is 0 Å². The van der Waals surface area contributed by atoms with E-state index in [4.69, 9.17) is 0 Å². The lowest BCUT2D eigenvalue weighted by Gasteiger charge is -2.56. The number of amides is 2. The average molecular weight is 450 g/mol. The molecule has 178 valence electrons. The van der Waals surface area contributed by atoms with Crippen LogP contribution in [0.5, 0.6) is 0 Å². The van der Waals surface area contributed by atoms with E-state index in [9.17, 15) is 9.59 Å². The van der Waals surface area contributed by atoms with E-state index in [1.54, 1.807) is 0 Å². The summed E-state index contributed by atoms with van der Waals surface area (Å²) >= 11 is 0. The van der Waals surface area contributed by atoms with Gasteiger partial charge in [-0.2, -0.15) is 0 Å². The van der Waals surface area contributed by atoms with Gasteiger partial charge < -0.3 is 15.1 Å². The third-order valence-corrected chi connectivity index (χ3v) is 9.62. The Kier molecular flexibility index (Phi) is 5.51. The first kappa shape index (κ1) is 21.6. The lowest BCUT2D eigenvalue weighted by molar-refractivity contribution is -0.124. The van der Waals surface area contributed by atoms with Crippen LogP contribution >= 0.6 is 0 Å². The molecule has 1 saturated heterocycles. The molecule has 4 bridgehead atoms. The second-order valence-corrected chi connectivity index (χ2v) is 12.2. The summed E-state index contributed by atoms with van der Waals surface area (Å²) in [5.41, 5.74) is 2.95. The van der Waals surface area contributed by atoms with Crippen molar-refractivity contribution in [1.82, 2.24) is 9.80 Å². The summed E-state index contributed by atoms with van der Waals surface area (Å²) in [5.74, 6) is 3.50. The highest BCUT2D eigenvalue weighted by molar-refractivity contribution is 6.00. The third kappa shape index (κ3) is 4.22. The fraction of sp³-hybridized carbons (Fsp3) is 0.714. The lowest BCUT2D eigenvalue weighted by atomic mass is 9.49. The highest BCUT2D eigenvalue weighted by Crippen LogP contribution is 2.61. The number of nitrogens with zero attached hydrogens (tertiary/aromatic N) is 2. The van der Waals surface area contributed by atoms with Crippen LogP contribution < -0.4 is 5.32 Å². The van der Waals surface area contributed by atoms with E-state index >= 15 is 0 Å². The zero-order chi connectivity index (χ0) is 22.6. The SMILES string of the molecule is CN1CCC(CN2CCc3c(NC(=O)CC45CC6CC(CC(C6)C4)C5)cccc3C2=O)CC1. The van der Waals surface area contributed by atoms with Gasteiger partial charge >= 0.3 is 0 Å². The molecule has 4 saturated carbocycles. The van der Waals surface area contributed by atoms with Crippen LogP contribution in [0.2, 0.25) is 0 Å². The van der Waals surface area contributed by atoms with Crippen molar-refractivity contribution in [2.24, 2.45) is 29.1 Å². The number of anilines is 1. The van der Waals surface area contributed by atoms with Gasteiger partial charge in [0.15, 0.2) is 0 Å². The molecule has 33 heavy (non-hydrogen) atoms. The van der Waals surface area contributed by atoms with Gasteiger partial charge in [0, 0.05) is 30.8 Å². The van der Waals surface area contributed by atoms with Gasteiger partial charge in [0.05, 0.1) is 0 Å². The van der Waals surface area contributed by atoms with Gasteiger partial charge in [-0.05, 0) is 125 Å². The number of hydrogen-bond acceptors (Lipinski definition) is 3. The zero-order valence-electron chi connectivity index (χ0n) is 20.2. The molecule has 6 aliphatic rings. The predicted molar refractivity (Wildman–Crippen MR) is 130 cm³/mol. The Balaban J connectivity index is 1.12. The lowest BCUT2D eigenvalue weighted by Crippen LogP contribution is -2.47. The summed E-state index contributed by atoms with van der Waals surface area (Å²) in [5, 5.41) is 3.25. The van der Waals surface area contributed by atoms with E-state index in [1.807, 2.05) is 18.2 Å². The highest BCUT2D eigenvalue weighted by Gasteiger charge is 2.51. The minimum atomic E-state index is 0.146. The quantitative estimate of drug-likeness (QED) is 0.716. The second-order valence-electron chi connectivity index (χ2n) is 12.2. The molecule has 2 amide bonds. The molecule has 0 aromatic heterocycles. The van der Waals surface area contributed by atoms with Crippen LogP contribution in [0.3, 0.4) is 0 Å². The molecule has 0 spiro atoms. The molecular weight excluding hydrogens is 410 g/mol. The molecule has 2 aliphatic heterocycles. The number of nitrogens with one attached hydrogen (secondary N) is 1. The number of hydrogen-bond donors (Lipinski definition) is 1. The fourth-order valence-corrected chi connectivity index (χ4v) is 8.46. The van der Waals surface area contributed by atoms with Crippen LogP contribution in [0.4, 0.5) is 5.69 Å². The number of rotatable bonds is 5. The Morgan fingerprint density at radius 1 is 1.03 bits per heavy atom. The number of carbonyl (C=O) groups excluding carboxylic acids is 2. The Hall–Kier alpha value is -1.88. The van der Waals surface area contributed by atoms with E-state index in [1.165, 1.54) is 51.4 Å². The topological polar surface area (TPSA) is 52.6 Å². The van der Waals surface area contributed by atoms with Crippen LogP contribution in [0, 0.1) is 29.1 Å². The van der Waals surface area contributed by atoms with E-state index in [0.717, 1.165) is 67.2 Å². The van der Waals surface area contributed by atoms with Gasteiger partial charge in [-0.15, -0.1) is 0 Å². The van der Waals surface area contributed by atoms with E-state index in [0.29, 0.717) is 12.3 Å². The molecule has 5 fully saturated rings. The monoisotopic (exact) mass is 449 g/mol. The van der Waals surface area contributed by atoms with Crippen molar-refractivity contribution in [2.45, 2.75) is 64.2 Å². The largest absolute Gasteiger partial charge is 0.338 e. The van der Waals surface area contributed by atoms with Gasteiger partial charge in [0.25, 0.3) is 5.91 Å². The number of fused-ring (bicyclic) bond motifs is 1. The molecule has 0 radical (unpaired) electrons. The van der Waals surface area contributed by atoms with E-state index in [2.05, 4.69) is 22.2 Å². The van der Waals surface area contributed by atoms with Gasteiger partial charge in [-0.3, -0.25) is 9.59 Å². The first-order chi connectivity index (χ1) is 16.0. The first-order valence-electron chi connectivity index (χ1n) is 13.4. The molecule has 5 heteroatoms. The molecular formula is C28H39N3O2. The fourth-order valence-electron chi connectivity index (χ4n) is 8.46. The average Bonchev–Trinajstić information content (AvgIpc) is 2.76. The Morgan fingerprint density at radius 3 is 2.36 bits per heavy atom. The molecule has 0 atom stereocenters. The van der Waals surface area contributed by atoms with Crippen molar-refractivity contribution in [3.63, 3.8) is 0 Å². The van der Waals surface area contributed by atoms with Gasteiger partial charge in [0.2, 0.25) is 5.91 Å². The summed E-state index contributed by atoms with van der Waals surface area (Å²) in [7, 11) is 2.18. The molecule has 5 nitrogen and oxygen atoms in total. The molecule has 0 unspecified atom stereocenters. The number of carbonyl (C=O) groups is 2. The molecule has 1 aromatic carbocycles. The van der Waals surface area contributed by atoms with Crippen LogP contribution in [0.1, 0.15) is 73.7 Å². The highest BCUT2D eigenvalue weighted by atomic mass is 16.2. The van der Waals surface area contributed by atoms with Gasteiger partial charge in [-0.1, -0.05) is 6.07 Å². The zero-order valence-corrected chi connectivity index (χ0v) is 20.2. The smallest absolute Gasteiger partial charge is 0.254 e. The summed E-state index contributed by atoms with van der Waals surface area (Å²) in [4.78, 5) is 30.9. The molecule has 1 N–H and O–H groups in total. The molecule has 2 heterocycles. The summed E-state index contributed by atoms with van der Waals surface area (Å²) in [6.07, 6.45) is 11.8. The van der Waals surface area contributed by atoms with Crippen molar-refractivity contribution < 1.29 is 9.59 Å². The molecule has 7 rings (SSSR count). The van der Waals surface area contributed by atoms with Crippen molar-refractivity contribution in [1.29, 1.82) is 0 Å². The Morgan fingerprint density at radius 2 is 1.70 bits per heavy atom. The number of likely N-dealkylation sites (tertiary alicyclic amines) is 1. The number of piperidine rings is 1. The molecule has 1 aromatic rings. The van der Waals surface area contributed by atoms with Crippen LogP contribution in [0.25, 0.3) is 0 Å². The van der Waals surface area contributed by atoms with Crippen LogP contribution in [-0.2, 0) is 11.2 Å². The Labute approximate surface area is 198 Å². The predicted octanol–water partition coefficient (Wildman–Crippen LogP) is 4.57. The van der Waals surface area contributed by atoms with Crippen molar-refractivity contribution in [2.75, 3.05) is 38.5 Å². The standard InChI is InChI=1S/C28H39N3O2/c1-30-8-5-19(6-9-30)18-31-10-7-23-24(27(31)33)3-2-4-25(23)29-26(32)17-28-14-20-11-21(15-28)13-22(12-20)16-28/h2-4,19-22H,5-18H2,1H3,(H,29,32). The normalized spacial score (nSPS) is 33.9. The minimum Gasteiger partial charge on any atom is -0.338 e. The Bertz CT molecular complexity index is 898. The summed E-state index contributed by atoms with van der Waals surface area (Å²) in [6.45, 7) is 3.89. The third-order valence-electron chi connectivity index (χ3n) is 9.62. The molecule has 4 aliphatic carbocycles. The van der Waals surface area contributed by atoms with Gasteiger partial charge in [0.1, 0.15) is 0 Å². The van der Waals surface area contributed by atoms with E-state index in [-0.39, 0.29) is 17.2 Å². The van der Waals surface area contributed by atoms with Crippen molar-refractivity contribution >= 4 is 17.5 Å². The summed E-state index contributed by atoms with van der Waals surface area (Å²) < 4.78 is 0. The minimum absolute atomic E-state index is 0.146. The van der Waals surface area contributed by atoms with Crippen molar-refractivity contribution in [3.05, 3.63) is 29.3 Å².